The normalized spacial score (nSPS) is 19.8. The molecule has 1 heterocycles. The van der Waals surface area contributed by atoms with Gasteiger partial charge in [0.2, 0.25) is 10.0 Å². The largest absolute Gasteiger partial charge is 0.497 e. The Morgan fingerprint density at radius 2 is 2.05 bits per heavy atom. The number of sulfonamides is 1. The van der Waals surface area contributed by atoms with Gasteiger partial charge in [-0.1, -0.05) is 0 Å². The molecule has 1 unspecified atom stereocenters. The van der Waals surface area contributed by atoms with E-state index < -0.39 is 10.0 Å². The molecule has 1 aliphatic rings. The van der Waals surface area contributed by atoms with Crippen LogP contribution in [0.2, 0.25) is 0 Å². The highest BCUT2D eigenvalue weighted by Gasteiger charge is 2.25. The lowest BCUT2D eigenvalue weighted by Gasteiger charge is -2.21. The van der Waals surface area contributed by atoms with Crippen molar-refractivity contribution >= 4 is 10.0 Å². The van der Waals surface area contributed by atoms with E-state index in [4.69, 9.17) is 4.74 Å². The zero-order chi connectivity index (χ0) is 13.9. The molecule has 5 nitrogen and oxygen atoms in total. The van der Waals surface area contributed by atoms with E-state index >= 15 is 0 Å². The smallest absolute Gasteiger partial charge is 0.242 e. The van der Waals surface area contributed by atoms with Crippen molar-refractivity contribution in [1.29, 1.82) is 0 Å². The highest BCUT2D eigenvalue weighted by Crippen LogP contribution is 2.19. The summed E-state index contributed by atoms with van der Waals surface area (Å²) in [5.74, 6) is 0.652. The van der Waals surface area contributed by atoms with Gasteiger partial charge in [-0.3, -0.25) is 0 Å². The van der Waals surface area contributed by atoms with Gasteiger partial charge in [-0.15, -0.1) is 0 Å². The first-order valence-electron chi connectivity index (χ1n) is 6.38. The molecule has 1 aromatic carbocycles. The van der Waals surface area contributed by atoms with E-state index in [0.717, 1.165) is 19.4 Å². The van der Waals surface area contributed by atoms with Crippen molar-refractivity contribution in [1.82, 2.24) is 9.62 Å². The fourth-order valence-corrected chi connectivity index (χ4v) is 3.46. The predicted octanol–water partition coefficient (Wildman–Crippen LogP) is 1.07. The summed E-state index contributed by atoms with van der Waals surface area (Å²) in [5, 5.41) is 3.30. The van der Waals surface area contributed by atoms with E-state index in [-0.39, 0.29) is 6.04 Å². The summed E-state index contributed by atoms with van der Waals surface area (Å²) in [6.45, 7) is 1.48. The Balaban J connectivity index is 2.10. The van der Waals surface area contributed by atoms with Crippen LogP contribution in [0.5, 0.6) is 5.75 Å². The number of rotatable bonds is 5. The third-order valence-corrected chi connectivity index (χ3v) is 5.25. The van der Waals surface area contributed by atoms with Crippen LogP contribution < -0.4 is 10.1 Å². The maximum atomic E-state index is 12.4. The molecule has 1 aliphatic heterocycles. The van der Waals surface area contributed by atoms with Gasteiger partial charge < -0.3 is 10.1 Å². The van der Waals surface area contributed by atoms with Gasteiger partial charge in [-0.05, 0) is 43.7 Å². The Morgan fingerprint density at radius 1 is 1.37 bits per heavy atom. The lowest BCUT2D eigenvalue weighted by Crippen LogP contribution is -2.38. The Morgan fingerprint density at radius 3 is 2.58 bits per heavy atom. The highest BCUT2D eigenvalue weighted by molar-refractivity contribution is 7.89. The molecule has 1 saturated heterocycles. The molecular weight excluding hydrogens is 264 g/mol. The van der Waals surface area contributed by atoms with Crippen LogP contribution in [0.4, 0.5) is 0 Å². The minimum absolute atomic E-state index is 0.262. The minimum Gasteiger partial charge on any atom is -0.497 e. The van der Waals surface area contributed by atoms with Crippen molar-refractivity contribution in [2.45, 2.75) is 23.8 Å². The lowest BCUT2D eigenvalue weighted by atomic mass is 10.2. The van der Waals surface area contributed by atoms with Gasteiger partial charge in [0, 0.05) is 19.6 Å². The Kier molecular flexibility index (Phi) is 4.44. The van der Waals surface area contributed by atoms with Crippen LogP contribution in [-0.4, -0.2) is 46.0 Å². The molecule has 106 valence electrons. The molecule has 19 heavy (non-hydrogen) atoms. The number of methoxy groups -OCH3 is 1. The van der Waals surface area contributed by atoms with E-state index in [1.807, 2.05) is 0 Å². The van der Waals surface area contributed by atoms with E-state index in [1.165, 1.54) is 4.31 Å². The first-order valence-corrected chi connectivity index (χ1v) is 7.82. The molecule has 0 bridgehead atoms. The standard InChI is InChI=1S/C13H20N2O3S/c1-15(10-11-4-3-9-14-11)19(16,17)13-7-5-12(18-2)6-8-13/h5-8,11,14H,3-4,9-10H2,1-2H3. The Bertz CT molecular complexity index is 507. The molecule has 0 saturated carbocycles. The average Bonchev–Trinajstić information content (AvgIpc) is 2.91. The van der Waals surface area contributed by atoms with Crippen molar-refractivity contribution in [3.63, 3.8) is 0 Å². The van der Waals surface area contributed by atoms with Crippen LogP contribution in [0.1, 0.15) is 12.8 Å². The highest BCUT2D eigenvalue weighted by atomic mass is 32.2. The number of ether oxygens (including phenoxy) is 1. The van der Waals surface area contributed by atoms with Crippen molar-refractivity contribution in [3.8, 4) is 5.75 Å². The van der Waals surface area contributed by atoms with E-state index in [1.54, 1.807) is 38.4 Å². The summed E-state index contributed by atoms with van der Waals surface area (Å²) in [6, 6.07) is 6.74. The minimum atomic E-state index is -3.41. The van der Waals surface area contributed by atoms with Crippen molar-refractivity contribution < 1.29 is 13.2 Å². The molecule has 1 aromatic rings. The fraction of sp³-hybridized carbons (Fsp3) is 0.538. The topological polar surface area (TPSA) is 58.6 Å². The summed E-state index contributed by atoms with van der Waals surface area (Å²) in [5.41, 5.74) is 0. The molecule has 0 aromatic heterocycles. The quantitative estimate of drug-likeness (QED) is 0.878. The molecule has 1 N–H and O–H groups in total. The van der Waals surface area contributed by atoms with Gasteiger partial charge in [0.25, 0.3) is 0 Å². The molecule has 2 rings (SSSR count). The maximum absolute atomic E-state index is 12.4. The Hall–Kier alpha value is -1.11. The van der Waals surface area contributed by atoms with Crippen LogP contribution in [0.25, 0.3) is 0 Å². The van der Waals surface area contributed by atoms with Gasteiger partial charge >= 0.3 is 0 Å². The fourth-order valence-electron chi connectivity index (χ4n) is 2.25. The molecule has 0 spiro atoms. The number of benzene rings is 1. The lowest BCUT2D eigenvalue weighted by molar-refractivity contribution is 0.412. The van der Waals surface area contributed by atoms with Crippen molar-refractivity contribution in [2.24, 2.45) is 0 Å². The third-order valence-electron chi connectivity index (χ3n) is 3.41. The van der Waals surface area contributed by atoms with E-state index in [9.17, 15) is 8.42 Å². The summed E-state index contributed by atoms with van der Waals surface area (Å²) in [6.07, 6.45) is 2.14. The molecular formula is C13H20N2O3S. The molecule has 1 atom stereocenters. The average molecular weight is 284 g/mol. The van der Waals surface area contributed by atoms with Crippen LogP contribution in [0.3, 0.4) is 0 Å². The Labute approximate surface area is 114 Å². The second-order valence-electron chi connectivity index (χ2n) is 4.75. The van der Waals surface area contributed by atoms with Crippen LogP contribution in [-0.2, 0) is 10.0 Å². The van der Waals surface area contributed by atoms with Gasteiger partial charge in [0.1, 0.15) is 5.75 Å². The third kappa shape index (κ3) is 3.26. The number of hydrogen-bond acceptors (Lipinski definition) is 4. The number of hydrogen-bond donors (Lipinski definition) is 1. The monoisotopic (exact) mass is 284 g/mol. The first kappa shape index (κ1) is 14.3. The predicted molar refractivity (Wildman–Crippen MR) is 73.8 cm³/mol. The maximum Gasteiger partial charge on any atom is 0.242 e. The number of nitrogens with zero attached hydrogens (tertiary/aromatic N) is 1. The summed E-state index contributed by atoms with van der Waals surface area (Å²) < 4.78 is 31.2. The SMILES string of the molecule is COc1ccc(S(=O)(=O)N(C)CC2CCCN2)cc1. The van der Waals surface area contributed by atoms with E-state index in [0.29, 0.717) is 17.2 Å². The summed E-state index contributed by atoms with van der Waals surface area (Å²) in [4.78, 5) is 0.300. The second-order valence-corrected chi connectivity index (χ2v) is 6.80. The first-order chi connectivity index (χ1) is 9.04. The molecule has 1 fully saturated rings. The number of likely N-dealkylation sites (N-methyl/N-ethyl adjacent to an activating group) is 1. The molecule has 6 heteroatoms. The van der Waals surface area contributed by atoms with E-state index in [2.05, 4.69) is 5.32 Å². The zero-order valence-corrected chi connectivity index (χ0v) is 12.1. The molecule has 0 aliphatic carbocycles. The van der Waals surface area contributed by atoms with Gasteiger partial charge in [-0.2, -0.15) is 4.31 Å². The van der Waals surface area contributed by atoms with Crippen molar-refractivity contribution in [3.05, 3.63) is 24.3 Å². The van der Waals surface area contributed by atoms with Gasteiger partial charge in [0.15, 0.2) is 0 Å². The van der Waals surface area contributed by atoms with Gasteiger partial charge in [-0.25, -0.2) is 8.42 Å². The van der Waals surface area contributed by atoms with Crippen LogP contribution >= 0.6 is 0 Å². The van der Waals surface area contributed by atoms with Crippen LogP contribution in [0, 0.1) is 0 Å². The zero-order valence-electron chi connectivity index (χ0n) is 11.3. The second kappa shape index (κ2) is 5.90. The van der Waals surface area contributed by atoms with Crippen LogP contribution in [0.15, 0.2) is 29.2 Å². The number of nitrogens with one attached hydrogen (secondary N) is 1. The summed E-state index contributed by atoms with van der Waals surface area (Å²) in [7, 11) is -0.232. The van der Waals surface area contributed by atoms with Crippen molar-refractivity contribution in [2.75, 3.05) is 27.2 Å². The molecule has 0 amide bonds. The van der Waals surface area contributed by atoms with Gasteiger partial charge in [0.05, 0.1) is 12.0 Å². The molecule has 0 radical (unpaired) electrons. The summed E-state index contributed by atoms with van der Waals surface area (Å²) >= 11 is 0.